The van der Waals surface area contributed by atoms with Gasteiger partial charge in [-0.15, -0.1) is 11.8 Å². The molecule has 0 bridgehead atoms. The van der Waals surface area contributed by atoms with Gasteiger partial charge in [-0.2, -0.15) is 9.61 Å². The topological polar surface area (TPSA) is 76.4 Å². The minimum Gasteiger partial charge on any atom is -0.321 e. The van der Waals surface area contributed by atoms with Crippen LogP contribution in [0.4, 0.5) is 10.1 Å². The van der Waals surface area contributed by atoms with E-state index in [9.17, 15) is 14.0 Å². The monoisotopic (exact) mass is 468 g/mol. The predicted molar refractivity (Wildman–Crippen MR) is 126 cm³/mol. The van der Waals surface area contributed by atoms with Crippen LogP contribution in [0.25, 0.3) is 4.96 Å². The summed E-state index contributed by atoms with van der Waals surface area (Å²) in [5.74, 6) is 0.0430. The van der Waals surface area contributed by atoms with Gasteiger partial charge in [0.25, 0.3) is 11.5 Å². The SMILES string of the molecule is CC(C)Cc1nn2c(=O)cc(CSc3ccccc3NC(=O)c3cccc(F)c3)nc2s1. The van der Waals surface area contributed by atoms with Gasteiger partial charge in [-0.25, -0.2) is 9.37 Å². The molecule has 0 saturated carbocycles. The van der Waals surface area contributed by atoms with E-state index >= 15 is 0 Å². The van der Waals surface area contributed by atoms with Crippen LogP contribution in [-0.4, -0.2) is 20.5 Å². The summed E-state index contributed by atoms with van der Waals surface area (Å²) in [6.45, 7) is 4.21. The Morgan fingerprint density at radius 3 is 2.78 bits per heavy atom. The molecule has 32 heavy (non-hydrogen) atoms. The van der Waals surface area contributed by atoms with Crippen LogP contribution in [-0.2, 0) is 12.2 Å². The Kier molecular flexibility index (Phi) is 6.66. The summed E-state index contributed by atoms with van der Waals surface area (Å²) in [5, 5.41) is 8.09. The molecule has 0 aliphatic heterocycles. The zero-order valence-corrected chi connectivity index (χ0v) is 19.2. The summed E-state index contributed by atoms with van der Waals surface area (Å²) in [6.07, 6.45) is 0.802. The molecule has 1 amide bonds. The maximum Gasteiger partial charge on any atom is 0.275 e. The van der Waals surface area contributed by atoms with Crippen molar-refractivity contribution in [3.63, 3.8) is 0 Å². The second-order valence-electron chi connectivity index (χ2n) is 7.62. The number of halogens is 1. The first-order chi connectivity index (χ1) is 15.4. The number of nitrogens with one attached hydrogen (secondary N) is 1. The lowest BCUT2D eigenvalue weighted by Crippen LogP contribution is -2.15. The molecule has 0 unspecified atom stereocenters. The number of carbonyl (C=O) groups is 1. The Morgan fingerprint density at radius 2 is 2.00 bits per heavy atom. The van der Waals surface area contributed by atoms with Crippen LogP contribution in [0.5, 0.6) is 0 Å². The van der Waals surface area contributed by atoms with Gasteiger partial charge in [-0.1, -0.05) is 43.4 Å². The van der Waals surface area contributed by atoms with Crippen molar-refractivity contribution in [2.75, 3.05) is 5.32 Å². The molecule has 2 aromatic carbocycles. The number of fused-ring (bicyclic) bond motifs is 1. The van der Waals surface area contributed by atoms with Crippen molar-refractivity contribution >= 4 is 39.7 Å². The number of anilines is 1. The highest BCUT2D eigenvalue weighted by Crippen LogP contribution is 2.30. The average Bonchev–Trinajstić information content (AvgIpc) is 3.15. The fraction of sp³-hybridized carbons (Fsp3) is 0.217. The molecule has 0 spiro atoms. The van der Waals surface area contributed by atoms with Crippen molar-refractivity contribution in [2.24, 2.45) is 5.92 Å². The molecule has 6 nitrogen and oxygen atoms in total. The van der Waals surface area contributed by atoms with Crippen molar-refractivity contribution < 1.29 is 9.18 Å². The highest BCUT2D eigenvalue weighted by Gasteiger charge is 2.13. The number of nitrogens with zero attached hydrogens (tertiary/aromatic N) is 3. The van der Waals surface area contributed by atoms with E-state index < -0.39 is 11.7 Å². The first-order valence-corrected chi connectivity index (χ1v) is 11.9. The Labute approximate surface area is 192 Å². The van der Waals surface area contributed by atoms with Crippen molar-refractivity contribution in [3.05, 3.63) is 87.0 Å². The Morgan fingerprint density at radius 1 is 1.19 bits per heavy atom. The molecule has 164 valence electrons. The smallest absolute Gasteiger partial charge is 0.275 e. The van der Waals surface area contributed by atoms with Crippen molar-refractivity contribution in [1.82, 2.24) is 14.6 Å². The van der Waals surface area contributed by atoms with E-state index in [1.807, 2.05) is 18.2 Å². The molecular weight excluding hydrogens is 447 g/mol. The third kappa shape index (κ3) is 5.23. The summed E-state index contributed by atoms with van der Waals surface area (Å²) >= 11 is 2.89. The molecule has 9 heteroatoms. The van der Waals surface area contributed by atoms with Crippen LogP contribution in [0.15, 0.2) is 64.3 Å². The summed E-state index contributed by atoms with van der Waals surface area (Å²) in [7, 11) is 0. The average molecular weight is 469 g/mol. The van der Waals surface area contributed by atoms with Gasteiger partial charge in [0.05, 0.1) is 11.4 Å². The maximum atomic E-state index is 13.4. The zero-order chi connectivity index (χ0) is 22.7. The van der Waals surface area contributed by atoms with Crippen LogP contribution in [0.1, 0.15) is 34.9 Å². The highest BCUT2D eigenvalue weighted by molar-refractivity contribution is 7.98. The van der Waals surface area contributed by atoms with Crippen LogP contribution in [0, 0.1) is 11.7 Å². The molecule has 2 heterocycles. The molecule has 0 aliphatic rings. The van der Waals surface area contributed by atoms with Gasteiger partial charge in [-0.3, -0.25) is 9.59 Å². The molecular formula is C23H21FN4O2S2. The van der Waals surface area contributed by atoms with Gasteiger partial charge >= 0.3 is 0 Å². The molecule has 4 aromatic rings. The number of carbonyl (C=O) groups excluding carboxylic acids is 1. The maximum absolute atomic E-state index is 13.4. The van der Waals surface area contributed by atoms with Gasteiger partial charge in [0.2, 0.25) is 4.96 Å². The van der Waals surface area contributed by atoms with E-state index in [4.69, 9.17) is 0 Å². The van der Waals surface area contributed by atoms with E-state index in [1.54, 1.807) is 12.1 Å². The van der Waals surface area contributed by atoms with E-state index in [-0.39, 0.29) is 11.1 Å². The quantitative estimate of drug-likeness (QED) is 0.385. The number of rotatable bonds is 7. The Hall–Kier alpha value is -3.04. The molecule has 0 saturated heterocycles. The summed E-state index contributed by atoms with van der Waals surface area (Å²) in [5.41, 5.74) is 1.30. The van der Waals surface area contributed by atoms with Gasteiger partial charge < -0.3 is 5.32 Å². The van der Waals surface area contributed by atoms with Gasteiger partial charge in [0.1, 0.15) is 10.8 Å². The third-order valence-electron chi connectivity index (χ3n) is 4.52. The molecule has 1 N–H and O–H groups in total. The van der Waals surface area contributed by atoms with E-state index in [1.165, 1.54) is 51.9 Å². The normalized spacial score (nSPS) is 11.2. The molecule has 2 aromatic heterocycles. The zero-order valence-electron chi connectivity index (χ0n) is 17.5. The van der Waals surface area contributed by atoms with Crippen LogP contribution >= 0.6 is 23.1 Å². The number of aromatic nitrogens is 3. The summed E-state index contributed by atoms with van der Waals surface area (Å²) in [4.78, 5) is 31.0. The Bertz CT molecular complexity index is 1330. The largest absolute Gasteiger partial charge is 0.321 e. The number of hydrogen-bond acceptors (Lipinski definition) is 6. The number of para-hydroxylation sites is 1. The van der Waals surface area contributed by atoms with Crippen molar-refractivity contribution in [1.29, 1.82) is 0 Å². The highest BCUT2D eigenvalue weighted by atomic mass is 32.2. The van der Waals surface area contributed by atoms with E-state index in [0.29, 0.717) is 28.0 Å². The minimum atomic E-state index is -0.465. The standard InChI is InChI=1S/C23H21FN4O2S2/c1-14(2)10-20-27-28-21(29)12-17(25-23(28)32-20)13-31-19-9-4-3-8-18(19)26-22(30)15-6-5-7-16(24)11-15/h3-9,11-12,14H,10,13H2,1-2H3,(H,26,30). The predicted octanol–water partition coefficient (Wildman–Crippen LogP) is 5.03. The first-order valence-electron chi connectivity index (χ1n) is 10.1. The van der Waals surface area contributed by atoms with Crippen molar-refractivity contribution in [2.45, 2.75) is 30.9 Å². The van der Waals surface area contributed by atoms with Gasteiger partial charge in [0, 0.05) is 28.7 Å². The fourth-order valence-electron chi connectivity index (χ4n) is 3.07. The third-order valence-corrected chi connectivity index (χ3v) is 6.56. The lowest BCUT2D eigenvalue weighted by Gasteiger charge is -2.11. The van der Waals surface area contributed by atoms with Crippen LogP contribution in [0.2, 0.25) is 0 Å². The Balaban J connectivity index is 1.51. The summed E-state index contributed by atoms with van der Waals surface area (Å²) in [6, 6.07) is 14.4. The number of hydrogen-bond donors (Lipinski definition) is 1. The minimum absolute atomic E-state index is 0.204. The molecule has 0 aliphatic carbocycles. The lowest BCUT2D eigenvalue weighted by molar-refractivity contribution is 0.102. The van der Waals surface area contributed by atoms with E-state index in [0.717, 1.165) is 16.3 Å². The van der Waals surface area contributed by atoms with Gasteiger partial charge in [-0.05, 0) is 36.2 Å². The van der Waals surface area contributed by atoms with Gasteiger partial charge in [0.15, 0.2) is 0 Å². The first kappa shape index (κ1) is 22.2. The van der Waals surface area contributed by atoms with Crippen LogP contribution in [0.3, 0.4) is 0 Å². The fourth-order valence-corrected chi connectivity index (χ4v) is 5.10. The number of thioether (sulfide) groups is 1. The molecule has 0 radical (unpaired) electrons. The van der Waals surface area contributed by atoms with E-state index in [2.05, 4.69) is 29.2 Å². The van der Waals surface area contributed by atoms with Crippen molar-refractivity contribution in [3.8, 4) is 0 Å². The van der Waals surface area contributed by atoms with Crippen LogP contribution < -0.4 is 10.9 Å². The molecule has 0 atom stereocenters. The second kappa shape index (κ2) is 9.62. The second-order valence-corrected chi connectivity index (χ2v) is 9.68. The molecule has 4 rings (SSSR count). The number of benzene rings is 2. The molecule has 0 fully saturated rings. The lowest BCUT2D eigenvalue weighted by atomic mass is 10.1. The summed E-state index contributed by atoms with van der Waals surface area (Å²) < 4.78 is 14.8. The number of amides is 1.